The Balaban J connectivity index is 1.50. The van der Waals surface area contributed by atoms with Crippen molar-refractivity contribution in [2.24, 2.45) is 7.05 Å². The van der Waals surface area contributed by atoms with Crippen molar-refractivity contribution < 1.29 is 4.79 Å². The highest BCUT2D eigenvalue weighted by atomic mass is 32.1. The normalized spacial score (nSPS) is 17.5. The van der Waals surface area contributed by atoms with Crippen molar-refractivity contribution in [3.63, 3.8) is 0 Å². The maximum Gasteiger partial charge on any atom is 0.276 e. The molecule has 1 saturated heterocycles. The summed E-state index contributed by atoms with van der Waals surface area (Å²) in [5.74, 6) is -0.226. The smallest absolute Gasteiger partial charge is 0.276 e. The Labute approximate surface area is 155 Å². The van der Waals surface area contributed by atoms with Crippen LogP contribution in [0.2, 0.25) is 0 Å². The number of carbonyl (C=O) groups is 1. The fourth-order valence-electron chi connectivity index (χ4n) is 3.32. The summed E-state index contributed by atoms with van der Waals surface area (Å²) in [6.45, 7) is 1.81. The molecule has 1 aliphatic heterocycles. The van der Waals surface area contributed by atoms with E-state index in [2.05, 4.69) is 25.2 Å². The molecule has 26 heavy (non-hydrogen) atoms. The molecule has 1 atom stereocenters. The van der Waals surface area contributed by atoms with Crippen molar-refractivity contribution in [2.45, 2.75) is 25.4 Å². The summed E-state index contributed by atoms with van der Waals surface area (Å²) in [5, 5.41) is 5.20. The highest BCUT2D eigenvalue weighted by molar-refractivity contribution is 7.13. The Morgan fingerprint density at radius 3 is 3.08 bits per heavy atom. The first-order valence-electron chi connectivity index (χ1n) is 8.58. The van der Waals surface area contributed by atoms with Gasteiger partial charge < -0.3 is 4.57 Å². The van der Waals surface area contributed by atoms with Gasteiger partial charge in [0.2, 0.25) is 0 Å². The van der Waals surface area contributed by atoms with E-state index in [1.807, 2.05) is 41.7 Å². The summed E-state index contributed by atoms with van der Waals surface area (Å²) in [4.78, 5) is 27.9. The van der Waals surface area contributed by atoms with Crippen molar-refractivity contribution in [2.75, 3.05) is 11.9 Å². The molecule has 1 N–H and O–H groups in total. The van der Waals surface area contributed by atoms with Crippen molar-refractivity contribution in [1.82, 2.24) is 24.4 Å². The number of anilines is 1. The lowest BCUT2D eigenvalue weighted by Crippen LogP contribution is -2.24. The van der Waals surface area contributed by atoms with Gasteiger partial charge >= 0.3 is 0 Å². The summed E-state index contributed by atoms with van der Waals surface area (Å²) in [5.41, 5.74) is 2.41. The van der Waals surface area contributed by atoms with E-state index in [4.69, 9.17) is 0 Å². The molecule has 1 aliphatic rings. The van der Waals surface area contributed by atoms with E-state index in [0.29, 0.717) is 10.8 Å². The second-order valence-electron chi connectivity index (χ2n) is 6.40. The van der Waals surface area contributed by atoms with Crippen LogP contribution in [0, 0.1) is 0 Å². The van der Waals surface area contributed by atoms with E-state index in [1.165, 1.54) is 11.3 Å². The van der Waals surface area contributed by atoms with Crippen molar-refractivity contribution in [3.8, 4) is 0 Å². The summed E-state index contributed by atoms with van der Waals surface area (Å²) < 4.78 is 1.96. The number of nitrogens with one attached hydrogen (secondary N) is 1. The van der Waals surface area contributed by atoms with Crippen LogP contribution >= 0.6 is 11.3 Å². The number of thiazole rings is 1. The minimum absolute atomic E-state index is 0.213. The molecule has 0 saturated carbocycles. The van der Waals surface area contributed by atoms with Crippen LogP contribution in [-0.2, 0) is 13.6 Å². The highest BCUT2D eigenvalue weighted by Gasteiger charge is 2.28. The number of pyridine rings is 1. The van der Waals surface area contributed by atoms with Gasteiger partial charge in [0.05, 0.1) is 23.8 Å². The number of aryl methyl sites for hydroxylation is 1. The third kappa shape index (κ3) is 3.66. The number of rotatable bonds is 5. The summed E-state index contributed by atoms with van der Waals surface area (Å²) >= 11 is 1.39. The zero-order chi connectivity index (χ0) is 17.9. The van der Waals surface area contributed by atoms with Gasteiger partial charge in [0.25, 0.3) is 5.91 Å². The molecule has 8 heteroatoms. The zero-order valence-corrected chi connectivity index (χ0v) is 15.3. The van der Waals surface area contributed by atoms with Gasteiger partial charge in [-0.3, -0.25) is 15.0 Å². The molecule has 4 rings (SSSR count). The number of carbonyl (C=O) groups excluding carboxylic acids is 1. The topological polar surface area (TPSA) is 75.9 Å². The van der Waals surface area contributed by atoms with Gasteiger partial charge in [-0.2, -0.15) is 0 Å². The second-order valence-corrected chi connectivity index (χ2v) is 7.29. The molecule has 3 aromatic rings. The lowest BCUT2D eigenvalue weighted by atomic mass is 10.1. The molecule has 0 aliphatic carbocycles. The van der Waals surface area contributed by atoms with E-state index >= 15 is 0 Å². The average molecular weight is 368 g/mol. The molecule has 0 aromatic carbocycles. The van der Waals surface area contributed by atoms with Crippen molar-refractivity contribution >= 4 is 22.4 Å². The van der Waals surface area contributed by atoms with Gasteiger partial charge in [-0.15, -0.1) is 11.3 Å². The van der Waals surface area contributed by atoms with Crippen LogP contribution in [0.5, 0.6) is 0 Å². The van der Waals surface area contributed by atoms with Gasteiger partial charge in [-0.25, -0.2) is 15.0 Å². The van der Waals surface area contributed by atoms with Gasteiger partial charge in [0.1, 0.15) is 5.69 Å². The minimum Gasteiger partial charge on any atom is -0.340 e. The predicted octanol–water partition coefficient (Wildman–Crippen LogP) is 2.86. The first-order chi connectivity index (χ1) is 12.7. The molecule has 1 fully saturated rings. The number of likely N-dealkylation sites (tertiary alicyclic amines) is 1. The van der Waals surface area contributed by atoms with Crippen LogP contribution in [0.3, 0.4) is 0 Å². The predicted molar refractivity (Wildman–Crippen MR) is 99.9 cm³/mol. The first kappa shape index (κ1) is 16.9. The van der Waals surface area contributed by atoms with Gasteiger partial charge in [0, 0.05) is 31.4 Å². The molecular weight excluding hydrogens is 348 g/mol. The zero-order valence-electron chi connectivity index (χ0n) is 14.5. The summed E-state index contributed by atoms with van der Waals surface area (Å²) in [6, 6.07) is 5.85. The molecule has 134 valence electrons. The van der Waals surface area contributed by atoms with Crippen molar-refractivity contribution in [1.29, 1.82) is 0 Å². The quantitative estimate of drug-likeness (QED) is 0.749. The van der Waals surface area contributed by atoms with Gasteiger partial charge in [-0.05, 0) is 31.5 Å². The Bertz CT molecular complexity index is 891. The molecule has 1 unspecified atom stereocenters. The summed E-state index contributed by atoms with van der Waals surface area (Å²) in [7, 11) is 1.98. The molecule has 4 heterocycles. The molecule has 3 aromatic heterocycles. The highest BCUT2D eigenvalue weighted by Crippen LogP contribution is 2.32. The fourth-order valence-corrected chi connectivity index (χ4v) is 3.84. The van der Waals surface area contributed by atoms with E-state index in [1.54, 1.807) is 12.3 Å². The SMILES string of the molecule is Cn1cnc(CN2CCCC2c2cccc(C(=O)Nc3nccs3)n2)c1. The molecular formula is C18H20N6OS. The van der Waals surface area contributed by atoms with E-state index in [-0.39, 0.29) is 11.9 Å². The van der Waals surface area contributed by atoms with E-state index in [0.717, 1.165) is 37.3 Å². The van der Waals surface area contributed by atoms with E-state index < -0.39 is 0 Å². The Morgan fingerprint density at radius 1 is 1.38 bits per heavy atom. The molecule has 0 bridgehead atoms. The molecule has 0 spiro atoms. The monoisotopic (exact) mass is 368 g/mol. The maximum absolute atomic E-state index is 12.4. The fraction of sp³-hybridized carbons (Fsp3) is 0.333. The lowest BCUT2D eigenvalue weighted by molar-refractivity contribution is 0.102. The Morgan fingerprint density at radius 2 is 2.31 bits per heavy atom. The van der Waals surface area contributed by atoms with Gasteiger partial charge in [0.15, 0.2) is 5.13 Å². The Kier molecular flexibility index (Phi) is 4.77. The van der Waals surface area contributed by atoms with Crippen LogP contribution < -0.4 is 5.32 Å². The molecule has 7 nitrogen and oxygen atoms in total. The largest absolute Gasteiger partial charge is 0.340 e. The maximum atomic E-state index is 12.4. The Hall–Kier alpha value is -2.58. The van der Waals surface area contributed by atoms with E-state index in [9.17, 15) is 4.79 Å². The number of hydrogen-bond donors (Lipinski definition) is 1. The number of hydrogen-bond acceptors (Lipinski definition) is 6. The third-order valence-corrected chi connectivity index (χ3v) is 5.17. The number of nitrogens with zero attached hydrogens (tertiary/aromatic N) is 5. The molecule has 1 amide bonds. The number of imidazole rings is 1. The molecule has 0 radical (unpaired) electrons. The van der Waals surface area contributed by atoms with Crippen LogP contribution in [-0.4, -0.2) is 36.9 Å². The lowest BCUT2D eigenvalue weighted by Gasteiger charge is -2.23. The van der Waals surface area contributed by atoms with Gasteiger partial charge in [-0.1, -0.05) is 6.07 Å². The third-order valence-electron chi connectivity index (χ3n) is 4.48. The summed E-state index contributed by atoms with van der Waals surface area (Å²) in [6.07, 6.45) is 7.69. The minimum atomic E-state index is -0.226. The van der Waals surface area contributed by atoms with Crippen molar-refractivity contribution in [3.05, 3.63) is 59.4 Å². The standard InChI is InChI=1S/C18H20N6OS/c1-23-10-13(20-12-23)11-24-8-3-6-16(24)14-4-2-5-15(21-14)17(25)22-18-19-7-9-26-18/h2,4-5,7,9-10,12,16H,3,6,8,11H2,1H3,(H,19,22,25). The average Bonchev–Trinajstić information content (AvgIpc) is 3.38. The van der Waals surface area contributed by atoms with Crippen LogP contribution in [0.1, 0.15) is 40.8 Å². The number of aromatic nitrogens is 4. The van der Waals surface area contributed by atoms with Crippen LogP contribution in [0.15, 0.2) is 42.3 Å². The second kappa shape index (κ2) is 7.35. The number of amides is 1. The first-order valence-corrected chi connectivity index (χ1v) is 9.46. The van der Waals surface area contributed by atoms with Crippen LogP contribution in [0.4, 0.5) is 5.13 Å². The van der Waals surface area contributed by atoms with Crippen LogP contribution in [0.25, 0.3) is 0 Å².